The zero-order valence-electron chi connectivity index (χ0n) is 19.3. The van der Waals surface area contributed by atoms with E-state index in [1.807, 2.05) is 37.3 Å². The van der Waals surface area contributed by atoms with E-state index in [-0.39, 0.29) is 24.0 Å². The molecule has 178 valence electrons. The number of hydrogen-bond donors (Lipinski definition) is 3. The van der Waals surface area contributed by atoms with Crippen LogP contribution in [0.3, 0.4) is 0 Å². The first-order valence-corrected chi connectivity index (χ1v) is 12.2. The summed E-state index contributed by atoms with van der Waals surface area (Å²) in [6, 6.07) is 9.67. The zero-order chi connectivity index (χ0) is 22.8. The SMILES string of the molecule is CCCC(C(=O)NC1CCCCC1)C(=O)NC(CC(O)c1ccccc1)N1CCOCC1. The van der Waals surface area contributed by atoms with Crippen molar-refractivity contribution < 1.29 is 19.4 Å². The fraction of sp³-hybridized carbons (Fsp3) is 0.680. The Morgan fingerprint density at radius 1 is 1.09 bits per heavy atom. The Morgan fingerprint density at radius 2 is 1.78 bits per heavy atom. The molecule has 0 radical (unpaired) electrons. The summed E-state index contributed by atoms with van der Waals surface area (Å²) in [5.74, 6) is -1.13. The molecule has 2 aliphatic rings. The molecule has 1 aromatic rings. The molecular weight excluding hydrogens is 406 g/mol. The second-order valence-corrected chi connectivity index (χ2v) is 9.02. The van der Waals surface area contributed by atoms with Gasteiger partial charge in [0.25, 0.3) is 0 Å². The summed E-state index contributed by atoms with van der Waals surface area (Å²) >= 11 is 0. The molecular formula is C25H39N3O4. The number of morpholine rings is 1. The van der Waals surface area contributed by atoms with Crippen molar-refractivity contribution >= 4 is 11.8 Å². The van der Waals surface area contributed by atoms with Crippen LogP contribution in [0.4, 0.5) is 0 Å². The van der Waals surface area contributed by atoms with Gasteiger partial charge in [-0.25, -0.2) is 0 Å². The number of ether oxygens (including phenoxy) is 1. The van der Waals surface area contributed by atoms with Crippen LogP contribution in [0, 0.1) is 5.92 Å². The predicted molar refractivity (Wildman–Crippen MR) is 124 cm³/mol. The third-order valence-electron chi connectivity index (χ3n) is 6.59. The number of nitrogens with one attached hydrogen (secondary N) is 2. The van der Waals surface area contributed by atoms with Crippen molar-refractivity contribution in [3.8, 4) is 0 Å². The summed E-state index contributed by atoms with van der Waals surface area (Å²) in [5.41, 5.74) is 0.820. The number of carbonyl (C=O) groups excluding carboxylic acids is 2. The Morgan fingerprint density at radius 3 is 2.44 bits per heavy atom. The second kappa shape index (κ2) is 12.9. The average Bonchev–Trinajstić information content (AvgIpc) is 2.83. The number of carbonyl (C=O) groups is 2. The molecule has 3 atom stereocenters. The third kappa shape index (κ3) is 7.29. The van der Waals surface area contributed by atoms with Crippen molar-refractivity contribution in [3.05, 3.63) is 35.9 Å². The van der Waals surface area contributed by atoms with Crippen LogP contribution in [-0.4, -0.2) is 60.3 Å². The minimum Gasteiger partial charge on any atom is -0.388 e. The van der Waals surface area contributed by atoms with Gasteiger partial charge < -0.3 is 20.5 Å². The van der Waals surface area contributed by atoms with Crippen molar-refractivity contribution in [2.24, 2.45) is 5.92 Å². The number of aliphatic hydroxyl groups is 1. The lowest BCUT2D eigenvalue weighted by atomic mass is 9.94. The molecule has 7 nitrogen and oxygen atoms in total. The Labute approximate surface area is 191 Å². The third-order valence-corrected chi connectivity index (χ3v) is 6.59. The first-order chi connectivity index (χ1) is 15.6. The molecule has 1 aliphatic heterocycles. The Hall–Kier alpha value is -1.96. The maximum atomic E-state index is 13.3. The number of rotatable bonds is 10. The summed E-state index contributed by atoms with van der Waals surface area (Å²) in [7, 11) is 0. The van der Waals surface area contributed by atoms with Crippen molar-refractivity contribution in [1.82, 2.24) is 15.5 Å². The highest BCUT2D eigenvalue weighted by Crippen LogP contribution is 2.22. The smallest absolute Gasteiger partial charge is 0.233 e. The van der Waals surface area contributed by atoms with E-state index in [2.05, 4.69) is 15.5 Å². The molecule has 3 N–H and O–H groups in total. The van der Waals surface area contributed by atoms with Gasteiger partial charge in [0.15, 0.2) is 0 Å². The molecule has 7 heteroatoms. The lowest BCUT2D eigenvalue weighted by molar-refractivity contribution is -0.138. The molecule has 2 fully saturated rings. The summed E-state index contributed by atoms with van der Waals surface area (Å²) < 4.78 is 5.47. The molecule has 2 amide bonds. The van der Waals surface area contributed by atoms with Gasteiger partial charge in [0.1, 0.15) is 5.92 Å². The standard InChI is InChI=1S/C25H39N3O4/c1-2-9-21(24(30)26-20-12-7-4-8-13-20)25(31)27-23(28-14-16-32-17-15-28)18-22(29)19-10-5-3-6-11-19/h3,5-6,10-11,20-23,29H,2,4,7-9,12-18H2,1H3,(H,26,30)(H,27,31). The number of benzene rings is 1. The van der Waals surface area contributed by atoms with Gasteiger partial charge >= 0.3 is 0 Å². The Bertz CT molecular complexity index is 702. The topological polar surface area (TPSA) is 90.9 Å². The van der Waals surface area contributed by atoms with Crippen LogP contribution in [0.25, 0.3) is 0 Å². The van der Waals surface area contributed by atoms with Gasteiger partial charge in [-0.3, -0.25) is 14.5 Å². The maximum Gasteiger partial charge on any atom is 0.233 e. The Balaban J connectivity index is 1.67. The molecule has 32 heavy (non-hydrogen) atoms. The quantitative estimate of drug-likeness (QED) is 0.482. The van der Waals surface area contributed by atoms with Crippen LogP contribution in [-0.2, 0) is 14.3 Å². The Kier molecular flexibility index (Phi) is 9.96. The molecule has 3 unspecified atom stereocenters. The molecule has 1 aromatic carbocycles. The van der Waals surface area contributed by atoms with E-state index in [1.165, 1.54) is 6.42 Å². The fourth-order valence-corrected chi connectivity index (χ4v) is 4.69. The van der Waals surface area contributed by atoms with Crippen molar-refractivity contribution in [3.63, 3.8) is 0 Å². The van der Waals surface area contributed by atoms with E-state index in [0.717, 1.165) is 37.7 Å². The summed E-state index contributed by atoms with van der Waals surface area (Å²) in [4.78, 5) is 28.4. The van der Waals surface area contributed by atoms with E-state index < -0.39 is 12.0 Å². The van der Waals surface area contributed by atoms with Crippen molar-refractivity contribution in [2.75, 3.05) is 26.3 Å². The molecule has 1 saturated heterocycles. The van der Waals surface area contributed by atoms with Gasteiger partial charge in [0.2, 0.25) is 11.8 Å². The molecule has 0 spiro atoms. The van der Waals surface area contributed by atoms with Crippen molar-refractivity contribution in [2.45, 2.75) is 76.6 Å². The lowest BCUT2D eigenvalue weighted by Crippen LogP contribution is -2.55. The normalized spacial score (nSPS) is 20.8. The van der Waals surface area contributed by atoms with Gasteiger partial charge in [-0.2, -0.15) is 0 Å². The molecule has 1 heterocycles. The zero-order valence-corrected chi connectivity index (χ0v) is 19.3. The first-order valence-electron chi connectivity index (χ1n) is 12.2. The van der Waals surface area contributed by atoms with E-state index in [9.17, 15) is 14.7 Å². The van der Waals surface area contributed by atoms with Gasteiger partial charge in [0.05, 0.1) is 25.5 Å². The van der Waals surface area contributed by atoms with Crippen LogP contribution in [0.1, 0.15) is 70.0 Å². The highest BCUT2D eigenvalue weighted by Gasteiger charge is 2.32. The van der Waals surface area contributed by atoms with Crippen LogP contribution >= 0.6 is 0 Å². The number of amides is 2. The number of hydrogen-bond acceptors (Lipinski definition) is 5. The largest absolute Gasteiger partial charge is 0.388 e. The van der Waals surface area contributed by atoms with Crippen LogP contribution in [0.2, 0.25) is 0 Å². The van der Waals surface area contributed by atoms with Crippen LogP contribution in [0.5, 0.6) is 0 Å². The minimum atomic E-state index is -0.709. The molecule has 3 rings (SSSR count). The van der Waals surface area contributed by atoms with E-state index in [1.54, 1.807) is 0 Å². The summed E-state index contributed by atoms with van der Waals surface area (Å²) in [6.45, 7) is 4.54. The number of nitrogens with zero attached hydrogens (tertiary/aromatic N) is 1. The first kappa shape index (κ1) is 24.7. The van der Waals surface area contributed by atoms with Crippen LogP contribution < -0.4 is 10.6 Å². The second-order valence-electron chi connectivity index (χ2n) is 9.02. The summed E-state index contributed by atoms with van der Waals surface area (Å²) in [5, 5.41) is 17.0. The monoisotopic (exact) mass is 445 g/mol. The van der Waals surface area contributed by atoms with E-state index in [0.29, 0.717) is 39.1 Å². The van der Waals surface area contributed by atoms with E-state index >= 15 is 0 Å². The highest BCUT2D eigenvalue weighted by atomic mass is 16.5. The fourth-order valence-electron chi connectivity index (χ4n) is 4.69. The molecule has 1 saturated carbocycles. The maximum absolute atomic E-state index is 13.3. The van der Waals surface area contributed by atoms with Gasteiger partial charge in [-0.15, -0.1) is 0 Å². The van der Waals surface area contributed by atoms with E-state index in [4.69, 9.17) is 4.74 Å². The minimum absolute atomic E-state index is 0.166. The molecule has 0 bridgehead atoms. The van der Waals surface area contributed by atoms with Crippen molar-refractivity contribution in [1.29, 1.82) is 0 Å². The average molecular weight is 446 g/mol. The number of aliphatic hydroxyl groups excluding tert-OH is 1. The summed E-state index contributed by atoms with van der Waals surface area (Å²) in [6.07, 6.45) is 6.03. The van der Waals surface area contributed by atoms with Gasteiger partial charge in [-0.1, -0.05) is 62.9 Å². The van der Waals surface area contributed by atoms with Gasteiger partial charge in [-0.05, 0) is 24.8 Å². The molecule has 0 aromatic heterocycles. The molecule has 1 aliphatic carbocycles. The predicted octanol–water partition coefficient (Wildman–Crippen LogP) is 2.75. The lowest BCUT2D eigenvalue weighted by Gasteiger charge is -2.36. The van der Waals surface area contributed by atoms with Crippen LogP contribution in [0.15, 0.2) is 30.3 Å². The highest BCUT2D eigenvalue weighted by molar-refractivity contribution is 6.00. The van der Waals surface area contributed by atoms with Gasteiger partial charge in [0, 0.05) is 25.6 Å².